The smallest absolute Gasteiger partial charge is 0.261 e. The SMILES string of the molecule is CCCNC(=O)[C@@H](C)N(Cc1cccc(Cl)c1)C(=O)COc1ccc(Br)cc1. The van der Waals surface area contributed by atoms with Crippen molar-refractivity contribution in [3.63, 3.8) is 0 Å². The third-order valence-corrected chi connectivity index (χ3v) is 4.90. The molecule has 0 unspecified atom stereocenters. The van der Waals surface area contributed by atoms with Crippen LogP contribution in [-0.2, 0) is 16.1 Å². The van der Waals surface area contributed by atoms with Gasteiger partial charge in [0.25, 0.3) is 5.91 Å². The Kier molecular flexibility index (Phi) is 8.80. The number of ether oxygens (including phenoxy) is 1. The molecule has 1 N–H and O–H groups in total. The van der Waals surface area contributed by atoms with Gasteiger partial charge in [-0.15, -0.1) is 0 Å². The van der Waals surface area contributed by atoms with Crippen molar-refractivity contribution in [1.82, 2.24) is 10.2 Å². The third-order valence-electron chi connectivity index (χ3n) is 4.13. The summed E-state index contributed by atoms with van der Waals surface area (Å²) in [6, 6.07) is 13.8. The fraction of sp³-hybridized carbons (Fsp3) is 0.333. The molecule has 2 rings (SSSR count). The van der Waals surface area contributed by atoms with Crippen LogP contribution in [0.15, 0.2) is 53.0 Å². The van der Waals surface area contributed by atoms with Gasteiger partial charge in [0.15, 0.2) is 6.61 Å². The van der Waals surface area contributed by atoms with Crippen molar-refractivity contribution >= 4 is 39.3 Å². The highest BCUT2D eigenvalue weighted by Crippen LogP contribution is 2.18. The summed E-state index contributed by atoms with van der Waals surface area (Å²) in [6.45, 7) is 4.37. The molecule has 0 aliphatic heterocycles. The van der Waals surface area contributed by atoms with Crippen LogP contribution in [0.25, 0.3) is 0 Å². The molecule has 0 saturated heterocycles. The van der Waals surface area contributed by atoms with Crippen LogP contribution in [0.4, 0.5) is 0 Å². The number of carbonyl (C=O) groups is 2. The topological polar surface area (TPSA) is 58.6 Å². The molecule has 0 heterocycles. The van der Waals surface area contributed by atoms with Gasteiger partial charge in [-0.05, 0) is 55.3 Å². The second-order valence-electron chi connectivity index (χ2n) is 6.36. The second-order valence-corrected chi connectivity index (χ2v) is 7.71. The van der Waals surface area contributed by atoms with E-state index in [-0.39, 0.29) is 25.0 Å². The lowest BCUT2D eigenvalue weighted by Crippen LogP contribution is -2.49. The summed E-state index contributed by atoms with van der Waals surface area (Å²) < 4.78 is 6.53. The largest absolute Gasteiger partial charge is 0.484 e. The molecule has 2 aromatic carbocycles. The molecule has 0 bridgehead atoms. The van der Waals surface area contributed by atoms with Crippen LogP contribution in [0, 0.1) is 0 Å². The fourth-order valence-corrected chi connectivity index (χ4v) is 3.05. The first kappa shape index (κ1) is 22.2. The Morgan fingerprint density at radius 3 is 2.57 bits per heavy atom. The van der Waals surface area contributed by atoms with Crippen LogP contribution in [0.1, 0.15) is 25.8 Å². The zero-order valence-electron chi connectivity index (χ0n) is 16.0. The Morgan fingerprint density at radius 2 is 1.93 bits per heavy atom. The van der Waals surface area contributed by atoms with Crippen LogP contribution in [0.3, 0.4) is 0 Å². The first-order valence-corrected chi connectivity index (χ1v) is 10.3. The number of halogens is 2. The van der Waals surface area contributed by atoms with Gasteiger partial charge >= 0.3 is 0 Å². The Bertz CT molecular complexity index is 798. The number of benzene rings is 2. The summed E-state index contributed by atoms with van der Waals surface area (Å²) in [5.41, 5.74) is 0.847. The second kappa shape index (κ2) is 11.1. The molecule has 7 heteroatoms. The lowest BCUT2D eigenvalue weighted by atomic mass is 10.1. The van der Waals surface area contributed by atoms with Crippen LogP contribution in [0.2, 0.25) is 5.02 Å². The maximum atomic E-state index is 12.9. The van der Waals surface area contributed by atoms with Crippen LogP contribution < -0.4 is 10.1 Å². The number of amides is 2. The molecule has 0 aromatic heterocycles. The minimum Gasteiger partial charge on any atom is -0.484 e. The Hall–Kier alpha value is -2.05. The lowest BCUT2D eigenvalue weighted by molar-refractivity contribution is -0.142. The molecule has 0 spiro atoms. The summed E-state index contributed by atoms with van der Waals surface area (Å²) in [7, 11) is 0. The van der Waals surface area contributed by atoms with Crippen LogP contribution in [0.5, 0.6) is 5.75 Å². The van der Waals surface area contributed by atoms with Crippen LogP contribution >= 0.6 is 27.5 Å². The average Bonchev–Trinajstić information content (AvgIpc) is 2.69. The molecule has 5 nitrogen and oxygen atoms in total. The first-order chi connectivity index (χ1) is 13.4. The van der Waals surface area contributed by atoms with E-state index in [0.717, 1.165) is 16.5 Å². The van der Waals surface area contributed by atoms with Crippen molar-refractivity contribution in [3.05, 3.63) is 63.6 Å². The molecular weight excluding hydrogens is 444 g/mol. The van der Waals surface area contributed by atoms with Crippen molar-refractivity contribution in [1.29, 1.82) is 0 Å². The van der Waals surface area contributed by atoms with Crippen molar-refractivity contribution in [3.8, 4) is 5.75 Å². The van der Waals surface area contributed by atoms with E-state index in [2.05, 4.69) is 21.2 Å². The first-order valence-electron chi connectivity index (χ1n) is 9.10. The minimum atomic E-state index is -0.633. The maximum absolute atomic E-state index is 12.9. The quantitative estimate of drug-likeness (QED) is 0.594. The predicted molar refractivity (Wildman–Crippen MR) is 114 cm³/mol. The summed E-state index contributed by atoms with van der Waals surface area (Å²) in [4.78, 5) is 26.8. The van der Waals surface area contributed by atoms with Crippen molar-refractivity contribution < 1.29 is 14.3 Å². The monoisotopic (exact) mass is 466 g/mol. The van der Waals surface area contributed by atoms with Gasteiger partial charge in [-0.3, -0.25) is 9.59 Å². The number of hydrogen-bond donors (Lipinski definition) is 1. The number of nitrogens with zero attached hydrogens (tertiary/aromatic N) is 1. The molecule has 0 radical (unpaired) electrons. The Labute approximate surface area is 179 Å². The molecule has 150 valence electrons. The van der Waals surface area contributed by atoms with E-state index < -0.39 is 6.04 Å². The number of nitrogens with one attached hydrogen (secondary N) is 1. The molecule has 0 saturated carbocycles. The molecule has 1 atom stereocenters. The zero-order valence-corrected chi connectivity index (χ0v) is 18.3. The van der Waals surface area contributed by atoms with E-state index in [9.17, 15) is 9.59 Å². The normalized spacial score (nSPS) is 11.6. The summed E-state index contributed by atoms with van der Waals surface area (Å²) >= 11 is 9.42. The van der Waals surface area contributed by atoms with Gasteiger partial charge in [0.05, 0.1) is 0 Å². The van der Waals surface area contributed by atoms with E-state index in [4.69, 9.17) is 16.3 Å². The Balaban J connectivity index is 2.12. The van der Waals surface area contributed by atoms with Gasteiger partial charge in [0, 0.05) is 22.6 Å². The summed E-state index contributed by atoms with van der Waals surface area (Å²) in [5, 5.41) is 3.42. The molecule has 0 aliphatic rings. The van der Waals surface area contributed by atoms with E-state index in [0.29, 0.717) is 17.3 Å². The molecule has 28 heavy (non-hydrogen) atoms. The number of rotatable bonds is 9. The van der Waals surface area contributed by atoms with Gasteiger partial charge in [-0.25, -0.2) is 0 Å². The predicted octanol–water partition coefficient (Wildman–Crippen LogP) is 4.42. The van der Waals surface area contributed by atoms with Crippen molar-refractivity contribution in [2.75, 3.05) is 13.2 Å². The minimum absolute atomic E-state index is 0.159. The number of hydrogen-bond acceptors (Lipinski definition) is 3. The molecule has 0 aliphatic carbocycles. The van der Waals surface area contributed by atoms with Crippen molar-refractivity contribution in [2.45, 2.75) is 32.9 Å². The van der Waals surface area contributed by atoms with Gasteiger partial charge in [0.1, 0.15) is 11.8 Å². The van der Waals surface area contributed by atoms with Gasteiger partial charge in [0.2, 0.25) is 5.91 Å². The third kappa shape index (κ3) is 6.84. The van der Waals surface area contributed by atoms with Gasteiger partial charge in [-0.2, -0.15) is 0 Å². The van der Waals surface area contributed by atoms with Gasteiger partial charge < -0.3 is 15.0 Å². The molecule has 2 amide bonds. The molecular formula is C21H24BrClN2O3. The Morgan fingerprint density at radius 1 is 1.21 bits per heavy atom. The molecule has 0 fully saturated rings. The highest BCUT2D eigenvalue weighted by atomic mass is 79.9. The summed E-state index contributed by atoms with van der Waals surface area (Å²) in [5.74, 6) is 0.116. The number of carbonyl (C=O) groups excluding carboxylic acids is 2. The van der Waals surface area contributed by atoms with E-state index in [1.807, 2.05) is 31.2 Å². The fourth-order valence-electron chi connectivity index (χ4n) is 2.57. The zero-order chi connectivity index (χ0) is 20.5. The van der Waals surface area contributed by atoms with E-state index >= 15 is 0 Å². The summed E-state index contributed by atoms with van der Waals surface area (Å²) in [6.07, 6.45) is 0.827. The standard InChI is InChI=1S/C21H24BrClN2O3/c1-3-11-24-21(27)15(2)25(13-16-5-4-6-18(23)12-16)20(26)14-28-19-9-7-17(22)8-10-19/h4-10,12,15H,3,11,13-14H2,1-2H3,(H,24,27)/t15-/m1/s1. The molecule has 2 aromatic rings. The van der Waals surface area contributed by atoms with Gasteiger partial charge in [-0.1, -0.05) is 46.6 Å². The van der Waals surface area contributed by atoms with Crippen molar-refractivity contribution in [2.24, 2.45) is 0 Å². The van der Waals surface area contributed by atoms with E-state index in [1.165, 1.54) is 4.90 Å². The average molecular weight is 468 g/mol. The van der Waals surface area contributed by atoms with Crippen LogP contribution in [-0.4, -0.2) is 35.9 Å². The lowest BCUT2D eigenvalue weighted by Gasteiger charge is -2.28. The van der Waals surface area contributed by atoms with E-state index in [1.54, 1.807) is 31.2 Å². The maximum Gasteiger partial charge on any atom is 0.261 e. The highest BCUT2D eigenvalue weighted by molar-refractivity contribution is 9.10. The highest BCUT2D eigenvalue weighted by Gasteiger charge is 2.26.